The smallest absolute Gasteiger partial charge is 0.240 e. The first-order valence-corrected chi connectivity index (χ1v) is 12.6. The number of phenols is 1. The van der Waals surface area contributed by atoms with E-state index in [4.69, 9.17) is 4.74 Å². The molecule has 1 aliphatic rings. The third kappa shape index (κ3) is 6.87. The van der Waals surface area contributed by atoms with Gasteiger partial charge in [0.05, 0.1) is 13.3 Å². The second kappa shape index (κ2) is 10.7. The Morgan fingerprint density at radius 1 is 1.11 bits per heavy atom. The number of aromatic hydroxyl groups is 1. The van der Waals surface area contributed by atoms with Crippen molar-refractivity contribution < 1.29 is 19.4 Å². The van der Waals surface area contributed by atoms with Crippen LogP contribution in [0.15, 0.2) is 46.6 Å². The zero-order valence-electron chi connectivity index (χ0n) is 21.8. The summed E-state index contributed by atoms with van der Waals surface area (Å²) in [5, 5.41) is 24.4. The minimum Gasteiger partial charge on any atom is -0.507 e. The highest BCUT2D eigenvalue weighted by atomic mass is 32.2. The number of thioether (sulfide) groups is 1. The number of amidine groups is 1. The average molecular weight is 511 g/mol. The molecule has 2 aromatic carbocycles. The van der Waals surface area contributed by atoms with Gasteiger partial charge in [0, 0.05) is 23.2 Å². The van der Waals surface area contributed by atoms with E-state index in [0.29, 0.717) is 22.4 Å². The molecule has 0 radical (unpaired) electrons. The number of anilines is 1. The fraction of sp³-hybridized carbons (Fsp3) is 0.407. The highest BCUT2D eigenvalue weighted by Gasteiger charge is 2.32. The highest BCUT2D eigenvalue weighted by molar-refractivity contribution is 8.15. The minimum absolute atomic E-state index is 0.00705. The third-order valence-corrected chi connectivity index (χ3v) is 6.70. The SMILES string of the molecule is COc1ccc(NC(=O)C[C@H]2S/C(=N\N=C/c3cc(C(C)(C)C)c(O)c(C(C)(C)C)c3)NC2=O)cc1. The number of carbonyl (C=O) groups is 2. The van der Waals surface area contributed by atoms with Crippen molar-refractivity contribution in [3.05, 3.63) is 53.1 Å². The zero-order chi connectivity index (χ0) is 26.7. The van der Waals surface area contributed by atoms with E-state index in [-0.39, 0.29) is 29.1 Å². The van der Waals surface area contributed by atoms with Crippen LogP contribution in [0.3, 0.4) is 0 Å². The Kier molecular flexibility index (Phi) is 8.13. The number of ether oxygens (including phenoxy) is 1. The van der Waals surface area contributed by atoms with Gasteiger partial charge in [-0.05, 0) is 52.8 Å². The van der Waals surface area contributed by atoms with Crippen molar-refractivity contribution in [2.75, 3.05) is 12.4 Å². The van der Waals surface area contributed by atoms with Crippen LogP contribution in [0, 0.1) is 0 Å². The van der Waals surface area contributed by atoms with E-state index in [0.717, 1.165) is 16.7 Å². The summed E-state index contributed by atoms with van der Waals surface area (Å²) in [6.45, 7) is 12.3. The van der Waals surface area contributed by atoms with Gasteiger partial charge in [0.15, 0.2) is 5.17 Å². The van der Waals surface area contributed by atoms with E-state index >= 15 is 0 Å². The van der Waals surface area contributed by atoms with E-state index in [9.17, 15) is 14.7 Å². The molecule has 1 heterocycles. The molecule has 1 saturated heterocycles. The maximum atomic E-state index is 12.4. The molecule has 1 fully saturated rings. The number of nitrogens with one attached hydrogen (secondary N) is 2. The summed E-state index contributed by atoms with van der Waals surface area (Å²) in [5.41, 5.74) is 2.58. The number of hydrogen-bond acceptors (Lipinski definition) is 7. The second-order valence-corrected chi connectivity index (χ2v) is 11.9. The second-order valence-electron chi connectivity index (χ2n) is 10.7. The standard InChI is InChI=1S/C27H34N4O4S/c1-26(2,3)19-12-16(13-20(23(19)33)27(4,5)6)15-28-31-25-30-24(34)21(36-25)14-22(32)29-17-8-10-18(35-7)11-9-17/h8-13,15,21,33H,14H2,1-7H3,(H,29,32)(H,30,31,34)/b28-15-/t21-/m1/s1. The van der Waals surface area contributed by atoms with Crippen molar-refractivity contribution in [3.8, 4) is 11.5 Å². The lowest BCUT2D eigenvalue weighted by atomic mass is 9.78. The average Bonchev–Trinajstić information content (AvgIpc) is 3.12. The van der Waals surface area contributed by atoms with Gasteiger partial charge >= 0.3 is 0 Å². The van der Waals surface area contributed by atoms with Crippen LogP contribution in [0.4, 0.5) is 5.69 Å². The van der Waals surface area contributed by atoms with Crippen molar-refractivity contribution in [3.63, 3.8) is 0 Å². The van der Waals surface area contributed by atoms with Gasteiger partial charge in [-0.15, -0.1) is 5.10 Å². The molecule has 192 valence electrons. The molecule has 0 aromatic heterocycles. The lowest BCUT2D eigenvalue weighted by Gasteiger charge is -2.27. The molecule has 1 aliphatic heterocycles. The number of nitrogens with zero attached hydrogens (tertiary/aromatic N) is 2. The summed E-state index contributed by atoms with van der Waals surface area (Å²) in [6, 6.07) is 10.8. The van der Waals surface area contributed by atoms with Crippen LogP contribution in [-0.4, -0.2) is 40.7 Å². The van der Waals surface area contributed by atoms with E-state index in [2.05, 4.69) is 20.8 Å². The quantitative estimate of drug-likeness (QED) is 0.376. The number of phenolic OH excluding ortho intramolecular Hbond substituents is 1. The normalized spacial score (nSPS) is 17.5. The molecule has 1 atom stereocenters. The number of hydrogen-bond donors (Lipinski definition) is 3. The largest absolute Gasteiger partial charge is 0.507 e. The molecule has 0 saturated carbocycles. The molecule has 0 unspecified atom stereocenters. The first kappa shape index (κ1) is 27.3. The summed E-state index contributed by atoms with van der Waals surface area (Å²) in [4.78, 5) is 24.7. The first-order chi connectivity index (χ1) is 16.8. The Labute approximate surface area is 216 Å². The maximum Gasteiger partial charge on any atom is 0.240 e. The number of methoxy groups -OCH3 is 1. The monoisotopic (exact) mass is 510 g/mol. The van der Waals surface area contributed by atoms with Crippen molar-refractivity contribution in [2.45, 2.75) is 64.0 Å². The number of amides is 2. The van der Waals surface area contributed by atoms with Crippen LogP contribution in [0.5, 0.6) is 11.5 Å². The van der Waals surface area contributed by atoms with Crippen LogP contribution in [0.25, 0.3) is 0 Å². The molecule has 2 aromatic rings. The van der Waals surface area contributed by atoms with Crippen LogP contribution in [0.1, 0.15) is 64.7 Å². The molecule has 8 nitrogen and oxygen atoms in total. The van der Waals surface area contributed by atoms with Crippen LogP contribution < -0.4 is 15.4 Å². The van der Waals surface area contributed by atoms with Crippen molar-refractivity contribution in [1.29, 1.82) is 0 Å². The summed E-state index contributed by atoms with van der Waals surface area (Å²) in [6.07, 6.45) is 1.61. The van der Waals surface area contributed by atoms with Gasteiger partial charge in [0.2, 0.25) is 11.8 Å². The Hall–Kier alpha value is -3.33. The zero-order valence-corrected chi connectivity index (χ0v) is 22.6. The van der Waals surface area contributed by atoms with E-state index in [1.807, 2.05) is 53.7 Å². The molecule has 36 heavy (non-hydrogen) atoms. The van der Waals surface area contributed by atoms with Gasteiger partial charge < -0.3 is 20.5 Å². The molecular weight excluding hydrogens is 476 g/mol. The van der Waals surface area contributed by atoms with E-state index in [1.165, 1.54) is 11.8 Å². The van der Waals surface area contributed by atoms with Gasteiger partial charge in [0.1, 0.15) is 16.7 Å². The molecule has 3 rings (SSSR count). The van der Waals surface area contributed by atoms with Gasteiger partial charge in [-0.1, -0.05) is 53.3 Å². The molecular formula is C27H34N4O4S. The van der Waals surface area contributed by atoms with Crippen molar-refractivity contribution in [2.24, 2.45) is 10.2 Å². The summed E-state index contributed by atoms with van der Waals surface area (Å²) < 4.78 is 5.11. The van der Waals surface area contributed by atoms with Gasteiger partial charge in [0.25, 0.3) is 0 Å². The van der Waals surface area contributed by atoms with Crippen molar-refractivity contribution >= 4 is 40.6 Å². The van der Waals surface area contributed by atoms with E-state index < -0.39 is 5.25 Å². The Balaban J connectivity index is 1.69. The molecule has 0 bridgehead atoms. The van der Waals surface area contributed by atoms with Crippen LogP contribution >= 0.6 is 11.8 Å². The number of carbonyl (C=O) groups excluding carboxylic acids is 2. The molecule has 9 heteroatoms. The van der Waals surface area contributed by atoms with Gasteiger partial charge in [-0.2, -0.15) is 5.10 Å². The summed E-state index contributed by atoms with van der Waals surface area (Å²) in [5.74, 6) is 0.434. The minimum atomic E-state index is -0.592. The fourth-order valence-corrected chi connectivity index (χ4v) is 4.59. The van der Waals surface area contributed by atoms with E-state index in [1.54, 1.807) is 37.6 Å². The van der Waals surface area contributed by atoms with Crippen LogP contribution in [0.2, 0.25) is 0 Å². The van der Waals surface area contributed by atoms with Crippen molar-refractivity contribution in [1.82, 2.24) is 5.32 Å². The lowest BCUT2D eigenvalue weighted by molar-refractivity contribution is -0.122. The van der Waals surface area contributed by atoms with Gasteiger partial charge in [-0.3, -0.25) is 9.59 Å². The highest BCUT2D eigenvalue weighted by Crippen LogP contribution is 2.39. The molecule has 2 amide bonds. The Morgan fingerprint density at radius 2 is 1.69 bits per heavy atom. The van der Waals surface area contributed by atoms with Crippen LogP contribution in [-0.2, 0) is 20.4 Å². The fourth-order valence-electron chi connectivity index (χ4n) is 3.66. The predicted octanol–water partition coefficient (Wildman–Crippen LogP) is 4.95. The number of rotatable bonds is 6. The predicted molar refractivity (Wildman–Crippen MR) is 146 cm³/mol. The molecule has 0 aliphatic carbocycles. The molecule has 0 spiro atoms. The topological polar surface area (TPSA) is 112 Å². The summed E-state index contributed by atoms with van der Waals surface area (Å²) >= 11 is 1.17. The summed E-state index contributed by atoms with van der Waals surface area (Å²) in [7, 11) is 1.57. The first-order valence-electron chi connectivity index (χ1n) is 11.7. The lowest BCUT2D eigenvalue weighted by Crippen LogP contribution is -2.28. The molecule has 3 N–H and O–H groups in total. The Bertz CT molecular complexity index is 1160. The van der Waals surface area contributed by atoms with Gasteiger partial charge in [-0.25, -0.2) is 0 Å². The third-order valence-electron chi connectivity index (χ3n) is 5.62. The Morgan fingerprint density at radius 3 is 2.22 bits per heavy atom. The maximum absolute atomic E-state index is 12.4. The number of benzene rings is 2.